The molecule has 0 aliphatic rings. The molecule has 7 nitrogen and oxygen atoms in total. The third-order valence-electron chi connectivity index (χ3n) is 4.23. The van der Waals surface area contributed by atoms with Crippen LogP contribution >= 0.6 is 11.8 Å². The van der Waals surface area contributed by atoms with Crippen LogP contribution in [0.15, 0.2) is 64.5 Å². The second-order valence-electron chi connectivity index (χ2n) is 6.25. The van der Waals surface area contributed by atoms with E-state index in [1.807, 2.05) is 30.3 Å². The summed E-state index contributed by atoms with van der Waals surface area (Å²) in [6.07, 6.45) is 0. The smallest absolute Gasteiger partial charge is 0.237 e. The maximum Gasteiger partial charge on any atom is 0.237 e. The van der Waals surface area contributed by atoms with Crippen molar-refractivity contribution < 1.29 is 14.9 Å². The van der Waals surface area contributed by atoms with E-state index in [9.17, 15) is 10.4 Å². The zero-order chi connectivity index (χ0) is 22.1. The summed E-state index contributed by atoms with van der Waals surface area (Å²) in [5.41, 5.74) is 1.66. The number of hydrogen-bond acceptors (Lipinski definition) is 7. The Morgan fingerprint density at radius 3 is 2.45 bits per heavy atom. The summed E-state index contributed by atoms with van der Waals surface area (Å²) < 4.78 is 5.41. The Kier molecular flexibility index (Phi) is 7.85. The van der Waals surface area contributed by atoms with Gasteiger partial charge in [0.2, 0.25) is 5.69 Å². The van der Waals surface area contributed by atoms with Crippen molar-refractivity contribution >= 4 is 23.3 Å². The van der Waals surface area contributed by atoms with Gasteiger partial charge >= 0.3 is 0 Å². The molecule has 8 heteroatoms. The lowest BCUT2D eigenvalue weighted by Crippen LogP contribution is -2.09. The molecular weight excluding hydrogens is 412 g/mol. The van der Waals surface area contributed by atoms with Crippen LogP contribution in [0.4, 0.5) is 11.5 Å². The van der Waals surface area contributed by atoms with Gasteiger partial charge in [0.05, 0.1) is 25.3 Å². The Balaban J connectivity index is 2.15. The number of rotatable bonds is 9. The molecule has 3 aromatic rings. The molecule has 0 saturated carbocycles. The van der Waals surface area contributed by atoms with Gasteiger partial charge in [-0.2, -0.15) is 5.26 Å². The van der Waals surface area contributed by atoms with Crippen LogP contribution in [0.2, 0.25) is 0 Å². The average molecular weight is 433 g/mol. The Labute approximate surface area is 184 Å². The lowest BCUT2D eigenvalue weighted by atomic mass is 9.99. The maximum absolute atomic E-state index is 9.98. The number of anilines is 1. The van der Waals surface area contributed by atoms with Gasteiger partial charge in [0.1, 0.15) is 29.3 Å². The van der Waals surface area contributed by atoms with E-state index in [2.05, 4.69) is 21.2 Å². The second kappa shape index (κ2) is 11.0. The van der Waals surface area contributed by atoms with Gasteiger partial charge < -0.3 is 20.3 Å². The highest BCUT2D eigenvalue weighted by Gasteiger charge is 2.22. The monoisotopic (exact) mass is 432 g/mol. The van der Waals surface area contributed by atoms with Crippen LogP contribution in [0.3, 0.4) is 0 Å². The highest BCUT2D eigenvalue weighted by Crippen LogP contribution is 2.43. The van der Waals surface area contributed by atoms with Gasteiger partial charge in [-0.05, 0) is 29.8 Å². The van der Waals surface area contributed by atoms with E-state index in [1.165, 1.54) is 11.8 Å². The van der Waals surface area contributed by atoms with Crippen molar-refractivity contribution in [3.05, 3.63) is 71.6 Å². The highest BCUT2D eigenvalue weighted by molar-refractivity contribution is 7.99. The minimum Gasteiger partial charge on any atom is -0.491 e. The summed E-state index contributed by atoms with van der Waals surface area (Å²) in [7, 11) is 0. The fraction of sp³-hybridized carbons (Fsp3) is 0.174. The van der Waals surface area contributed by atoms with E-state index in [4.69, 9.17) is 16.4 Å². The molecule has 0 amide bonds. The van der Waals surface area contributed by atoms with E-state index in [1.54, 1.807) is 24.3 Å². The van der Waals surface area contributed by atoms with E-state index in [0.29, 0.717) is 33.3 Å². The minimum atomic E-state index is -0.119. The second-order valence-corrected chi connectivity index (χ2v) is 7.31. The molecule has 0 fully saturated rings. The van der Waals surface area contributed by atoms with Gasteiger partial charge in [-0.15, -0.1) is 0 Å². The van der Waals surface area contributed by atoms with Crippen LogP contribution in [-0.2, 0) is 0 Å². The first kappa shape index (κ1) is 22.1. The number of ether oxygens (including phenoxy) is 1. The van der Waals surface area contributed by atoms with Crippen LogP contribution in [0, 0.1) is 17.9 Å². The Morgan fingerprint density at radius 1 is 1.10 bits per heavy atom. The number of nitrogens with zero attached hydrogens (tertiary/aromatic N) is 3. The standard InChI is InChI=1S/C23H20N4O3S/c1-25-21-20(16-7-9-17(10-8-16)30-14-13-29)19(15-24)23(27-22(21)26-11-12-28)31-18-5-3-2-4-6-18/h2-10,28-29H,11-14H2,(H,26,27). The van der Waals surface area contributed by atoms with E-state index >= 15 is 0 Å². The third kappa shape index (κ3) is 5.33. The van der Waals surface area contributed by atoms with Gasteiger partial charge in [-0.3, -0.25) is 0 Å². The van der Waals surface area contributed by atoms with Crippen LogP contribution < -0.4 is 10.1 Å². The summed E-state index contributed by atoms with van der Waals surface area (Å²) in [6.45, 7) is 7.92. The maximum atomic E-state index is 9.98. The van der Waals surface area contributed by atoms with Gasteiger partial charge in [0.25, 0.3) is 0 Å². The lowest BCUT2D eigenvalue weighted by molar-refractivity contribution is 0.201. The molecule has 0 spiro atoms. The number of hydrogen-bond donors (Lipinski definition) is 3. The highest BCUT2D eigenvalue weighted by atomic mass is 32.2. The molecule has 0 unspecified atom stereocenters. The topological polar surface area (TPSA) is 103 Å². The number of aliphatic hydroxyl groups is 2. The Hall–Kier alpha value is -3.56. The van der Waals surface area contributed by atoms with Crippen molar-refractivity contribution in [3.63, 3.8) is 0 Å². The van der Waals surface area contributed by atoms with Crippen LogP contribution in [-0.4, -0.2) is 41.6 Å². The first-order valence-electron chi connectivity index (χ1n) is 9.49. The molecule has 0 atom stereocenters. The summed E-state index contributed by atoms with van der Waals surface area (Å²) in [5.74, 6) is 0.893. The predicted molar refractivity (Wildman–Crippen MR) is 119 cm³/mol. The molecule has 1 aromatic heterocycles. The molecule has 0 aliphatic heterocycles. The van der Waals surface area contributed by atoms with E-state index < -0.39 is 0 Å². The minimum absolute atomic E-state index is 0.0908. The van der Waals surface area contributed by atoms with Crippen molar-refractivity contribution in [1.82, 2.24) is 4.98 Å². The average Bonchev–Trinajstić information content (AvgIpc) is 2.81. The molecule has 3 N–H and O–H groups in total. The zero-order valence-corrected chi connectivity index (χ0v) is 17.4. The fourth-order valence-electron chi connectivity index (χ4n) is 2.90. The number of aromatic nitrogens is 1. The third-order valence-corrected chi connectivity index (χ3v) is 5.22. The fourth-order valence-corrected chi connectivity index (χ4v) is 3.80. The molecular formula is C23H20N4O3S. The number of aliphatic hydroxyl groups excluding tert-OH is 2. The summed E-state index contributed by atoms with van der Waals surface area (Å²) in [4.78, 5) is 9.10. The summed E-state index contributed by atoms with van der Waals surface area (Å²) >= 11 is 1.34. The molecule has 1 heterocycles. The summed E-state index contributed by atoms with van der Waals surface area (Å²) in [5, 5.41) is 31.6. The van der Waals surface area contributed by atoms with Crippen LogP contribution in [0.25, 0.3) is 16.0 Å². The van der Waals surface area contributed by atoms with E-state index in [0.717, 1.165) is 4.90 Å². The Bertz CT molecular complexity index is 1110. The van der Waals surface area contributed by atoms with Crippen molar-refractivity contribution in [2.24, 2.45) is 0 Å². The first-order valence-corrected chi connectivity index (χ1v) is 10.3. The van der Waals surface area contributed by atoms with Crippen molar-refractivity contribution in [1.29, 1.82) is 5.26 Å². The number of nitriles is 1. The quantitative estimate of drug-likeness (QED) is 0.438. The molecule has 0 aliphatic carbocycles. The van der Waals surface area contributed by atoms with Gasteiger partial charge in [-0.1, -0.05) is 42.1 Å². The molecule has 0 radical (unpaired) electrons. The molecule has 3 rings (SSSR count). The predicted octanol–water partition coefficient (Wildman–Crippen LogP) is 4.10. The molecule has 156 valence electrons. The van der Waals surface area contributed by atoms with E-state index in [-0.39, 0.29) is 32.1 Å². The molecule has 2 aromatic carbocycles. The van der Waals surface area contributed by atoms with Crippen LogP contribution in [0.1, 0.15) is 5.56 Å². The number of benzene rings is 2. The van der Waals surface area contributed by atoms with Crippen molar-refractivity contribution in [2.45, 2.75) is 9.92 Å². The zero-order valence-electron chi connectivity index (χ0n) is 16.6. The molecule has 31 heavy (non-hydrogen) atoms. The normalized spacial score (nSPS) is 10.2. The SMILES string of the molecule is [C-]#[N+]c1c(NCCO)nc(Sc2ccccc2)c(C#N)c1-c1ccc(OCCO)cc1. The Morgan fingerprint density at radius 2 is 1.84 bits per heavy atom. The van der Waals surface area contributed by atoms with Crippen molar-refractivity contribution in [3.8, 4) is 22.9 Å². The van der Waals surface area contributed by atoms with Crippen LogP contribution in [0.5, 0.6) is 5.75 Å². The van der Waals surface area contributed by atoms with Crippen molar-refractivity contribution in [2.75, 3.05) is 31.7 Å². The number of nitrogens with one attached hydrogen (secondary N) is 1. The molecule has 0 saturated heterocycles. The van der Waals surface area contributed by atoms with Gasteiger partial charge in [0.15, 0.2) is 0 Å². The van der Waals surface area contributed by atoms with Gasteiger partial charge in [0, 0.05) is 17.0 Å². The van der Waals surface area contributed by atoms with Gasteiger partial charge in [-0.25, -0.2) is 9.83 Å². The first-order chi connectivity index (χ1) is 15.2. The molecule has 0 bridgehead atoms. The lowest BCUT2D eigenvalue weighted by Gasteiger charge is -2.16. The summed E-state index contributed by atoms with van der Waals surface area (Å²) in [6, 6.07) is 18.8. The largest absolute Gasteiger partial charge is 0.491 e. The number of pyridine rings is 1.